The van der Waals surface area contributed by atoms with E-state index in [2.05, 4.69) is 22.1 Å². The van der Waals surface area contributed by atoms with Gasteiger partial charge in [0, 0.05) is 10.9 Å². The number of fused-ring (bicyclic) bond motifs is 1. The minimum absolute atomic E-state index is 0.148. The van der Waals surface area contributed by atoms with Crippen LogP contribution in [0.2, 0.25) is 0 Å². The van der Waals surface area contributed by atoms with Crippen molar-refractivity contribution in [3.8, 4) is 11.8 Å². The van der Waals surface area contributed by atoms with Crippen LogP contribution in [-0.4, -0.2) is 29.7 Å². The number of para-hydroxylation sites is 1. The molecule has 0 bridgehead atoms. The van der Waals surface area contributed by atoms with Gasteiger partial charge in [-0.15, -0.1) is 0 Å². The Labute approximate surface area is 98.7 Å². The lowest BCUT2D eigenvalue weighted by atomic mass is 10.1. The predicted molar refractivity (Wildman–Crippen MR) is 66.1 cm³/mol. The Morgan fingerprint density at radius 2 is 2.24 bits per heavy atom. The van der Waals surface area contributed by atoms with Crippen LogP contribution in [0.25, 0.3) is 10.9 Å². The number of aromatic nitrogens is 1. The maximum Gasteiger partial charge on any atom is 0.353 e. The molecule has 2 aromatic rings. The summed E-state index contributed by atoms with van der Waals surface area (Å²) in [5.41, 5.74) is 1.48. The van der Waals surface area contributed by atoms with E-state index in [1.54, 1.807) is 7.05 Å². The summed E-state index contributed by atoms with van der Waals surface area (Å²) in [5.74, 6) is 4.78. The molecule has 1 aromatic heterocycles. The number of carboxylic acids is 1. The van der Waals surface area contributed by atoms with Crippen LogP contribution in [0, 0.1) is 11.8 Å². The van der Waals surface area contributed by atoms with E-state index in [4.69, 9.17) is 5.11 Å². The van der Waals surface area contributed by atoms with Crippen LogP contribution in [0.1, 0.15) is 16.1 Å². The first-order valence-electron chi connectivity index (χ1n) is 5.21. The van der Waals surface area contributed by atoms with E-state index in [1.807, 2.05) is 24.3 Å². The summed E-state index contributed by atoms with van der Waals surface area (Å²) >= 11 is 0. The fourth-order valence-electron chi connectivity index (χ4n) is 1.65. The van der Waals surface area contributed by atoms with Crippen molar-refractivity contribution in [2.75, 3.05) is 13.6 Å². The average molecular weight is 228 g/mol. The zero-order valence-electron chi connectivity index (χ0n) is 9.37. The van der Waals surface area contributed by atoms with Gasteiger partial charge in [0.2, 0.25) is 0 Å². The third-order valence-corrected chi connectivity index (χ3v) is 2.40. The van der Waals surface area contributed by atoms with Crippen molar-refractivity contribution in [2.45, 2.75) is 0 Å². The Kier molecular flexibility index (Phi) is 3.12. The van der Waals surface area contributed by atoms with Gasteiger partial charge < -0.3 is 15.4 Å². The number of hydrogen-bond acceptors (Lipinski definition) is 2. The summed E-state index contributed by atoms with van der Waals surface area (Å²) in [5, 5.41) is 12.8. The van der Waals surface area contributed by atoms with Crippen molar-refractivity contribution in [1.29, 1.82) is 0 Å². The summed E-state index contributed by atoms with van der Waals surface area (Å²) in [6.07, 6.45) is 0. The first kappa shape index (κ1) is 11.2. The van der Waals surface area contributed by atoms with Crippen LogP contribution in [0.5, 0.6) is 0 Å². The Morgan fingerprint density at radius 3 is 2.94 bits per heavy atom. The number of H-pyrrole nitrogens is 1. The molecule has 0 aliphatic rings. The molecule has 1 aromatic carbocycles. The van der Waals surface area contributed by atoms with Gasteiger partial charge in [-0.2, -0.15) is 0 Å². The number of hydrogen-bond donors (Lipinski definition) is 3. The Bertz CT molecular complexity index is 617. The average Bonchev–Trinajstić information content (AvgIpc) is 2.69. The monoisotopic (exact) mass is 228 g/mol. The van der Waals surface area contributed by atoms with Gasteiger partial charge in [0.15, 0.2) is 0 Å². The minimum atomic E-state index is -0.991. The molecule has 0 aliphatic carbocycles. The van der Waals surface area contributed by atoms with Gasteiger partial charge in [0.05, 0.1) is 12.1 Å². The molecule has 0 saturated carbocycles. The molecule has 0 saturated heterocycles. The van der Waals surface area contributed by atoms with Gasteiger partial charge >= 0.3 is 5.97 Å². The van der Waals surface area contributed by atoms with Gasteiger partial charge in [0.25, 0.3) is 0 Å². The third-order valence-electron chi connectivity index (χ3n) is 2.40. The molecular weight excluding hydrogens is 216 g/mol. The molecule has 0 amide bonds. The molecule has 3 N–H and O–H groups in total. The molecule has 0 aliphatic heterocycles. The molecule has 1 heterocycles. The van der Waals surface area contributed by atoms with Gasteiger partial charge in [-0.05, 0) is 13.1 Å². The van der Waals surface area contributed by atoms with Crippen molar-refractivity contribution in [2.24, 2.45) is 0 Å². The largest absolute Gasteiger partial charge is 0.477 e. The zero-order valence-corrected chi connectivity index (χ0v) is 9.37. The normalized spacial score (nSPS) is 9.94. The van der Waals surface area contributed by atoms with Crippen molar-refractivity contribution in [1.82, 2.24) is 10.3 Å². The van der Waals surface area contributed by atoms with Gasteiger partial charge in [-0.3, -0.25) is 0 Å². The number of aromatic carboxylic acids is 1. The lowest BCUT2D eigenvalue weighted by molar-refractivity contribution is 0.0691. The van der Waals surface area contributed by atoms with E-state index in [1.165, 1.54) is 0 Å². The van der Waals surface area contributed by atoms with Crippen LogP contribution in [-0.2, 0) is 0 Å². The van der Waals surface area contributed by atoms with Gasteiger partial charge in [-0.1, -0.05) is 30.0 Å². The van der Waals surface area contributed by atoms with E-state index in [0.717, 1.165) is 10.9 Å². The van der Waals surface area contributed by atoms with Crippen LogP contribution in [0.3, 0.4) is 0 Å². The SMILES string of the molecule is CNCC#Cc1c(C(=O)O)[nH]c2ccccc12. The van der Waals surface area contributed by atoms with Crippen LogP contribution in [0.15, 0.2) is 24.3 Å². The minimum Gasteiger partial charge on any atom is -0.477 e. The number of benzene rings is 1. The summed E-state index contributed by atoms with van der Waals surface area (Å²) in [6.45, 7) is 0.526. The molecule has 4 nitrogen and oxygen atoms in total. The zero-order chi connectivity index (χ0) is 12.3. The number of nitrogens with one attached hydrogen (secondary N) is 2. The Balaban J connectivity index is 2.61. The number of rotatable bonds is 2. The molecule has 0 radical (unpaired) electrons. The van der Waals surface area contributed by atoms with E-state index in [-0.39, 0.29) is 5.69 Å². The molecule has 0 spiro atoms. The summed E-state index contributed by atoms with van der Waals surface area (Å²) in [7, 11) is 1.79. The summed E-state index contributed by atoms with van der Waals surface area (Å²) < 4.78 is 0. The highest BCUT2D eigenvalue weighted by atomic mass is 16.4. The molecule has 0 unspecified atom stereocenters. The molecular formula is C13H12N2O2. The van der Waals surface area contributed by atoms with Crippen molar-refractivity contribution in [3.63, 3.8) is 0 Å². The maximum atomic E-state index is 11.1. The highest BCUT2D eigenvalue weighted by molar-refractivity contribution is 5.99. The van der Waals surface area contributed by atoms with Gasteiger partial charge in [0.1, 0.15) is 5.69 Å². The molecule has 86 valence electrons. The van der Waals surface area contributed by atoms with Crippen LogP contribution in [0.4, 0.5) is 0 Å². The Morgan fingerprint density at radius 1 is 1.47 bits per heavy atom. The number of aromatic amines is 1. The van der Waals surface area contributed by atoms with Crippen LogP contribution < -0.4 is 5.32 Å². The molecule has 17 heavy (non-hydrogen) atoms. The molecule has 4 heteroatoms. The van der Waals surface area contributed by atoms with Crippen LogP contribution >= 0.6 is 0 Å². The lowest BCUT2D eigenvalue weighted by Gasteiger charge is -1.91. The third kappa shape index (κ3) is 2.14. The van der Waals surface area contributed by atoms with Gasteiger partial charge in [-0.25, -0.2) is 4.79 Å². The van der Waals surface area contributed by atoms with E-state index in [0.29, 0.717) is 12.1 Å². The second kappa shape index (κ2) is 4.73. The van der Waals surface area contributed by atoms with Crippen molar-refractivity contribution >= 4 is 16.9 Å². The number of carboxylic acid groups (broad SMARTS) is 1. The maximum absolute atomic E-state index is 11.1. The smallest absolute Gasteiger partial charge is 0.353 e. The highest BCUT2D eigenvalue weighted by Gasteiger charge is 2.14. The highest BCUT2D eigenvalue weighted by Crippen LogP contribution is 2.21. The first-order chi connectivity index (χ1) is 8.24. The number of carbonyl (C=O) groups is 1. The second-order valence-electron chi connectivity index (χ2n) is 3.56. The predicted octanol–water partition coefficient (Wildman–Crippen LogP) is 1.44. The van der Waals surface area contributed by atoms with Crippen molar-refractivity contribution < 1.29 is 9.90 Å². The topological polar surface area (TPSA) is 65.1 Å². The standard InChI is InChI=1S/C13H12N2O2/c1-14-8-4-6-10-9-5-2-3-7-11(9)15-12(10)13(16)17/h2-3,5,7,14-15H,8H2,1H3,(H,16,17). The fraction of sp³-hybridized carbons (Fsp3) is 0.154. The van der Waals surface area contributed by atoms with Crippen molar-refractivity contribution in [3.05, 3.63) is 35.5 Å². The second-order valence-corrected chi connectivity index (χ2v) is 3.56. The first-order valence-corrected chi connectivity index (χ1v) is 5.21. The molecule has 0 atom stereocenters. The lowest BCUT2D eigenvalue weighted by Crippen LogP contribution is -2.05. The summed E-state index contributed by atoms with van der Waals surface area (Å²) in [6, 6.07) is 7.42. The fourth-order valence-corrected chi connectivity index (χ4v) is 1.65. The Hall–Kier alpha value is -2.25. The summed E-state index contributed by atoms with van der Waals surface area (Å²) in [4.78, 5) is 14.0. The van der Waals surface area contributed by atoms with E-state index >= 15 is 0 Å². The molecule has 0 fully saturated rings. The quantitative estimate of drug-likeness (QED) is 0.681. The van der Waals surface area contributed by atoms with E-state index < -0.39 is 5.97 Å². The molecule has 2 rings (SSSR count). The van der Waals surface area contributed by atoms with E-state index in [9.17, 15) is 4.79 Å².